The summed E-state index contributed by atoms with van der Waals surface area (Å²) in [5.74, 6) is 0. The van der Waals surface area contributed by atoms with Crippen molar-refractivity contribution in [2.75, 3.05) is 6.54 Å². The summed E-state index contributed by atoms with van der Waals surface area (Å²) in [5, 5.41) is 4.36. The maximum atomic E-state index is 6.09. The Labute approximate surface area is 116 Å². The Kier molecular flexibility index (Phi) is 3.67. The van der Waals surface area contributed by atoms with Gasteiger partial charge in [0.25, 0.3) is 0 Å². The molecule has 1 aromatic rings. The molecule has 0 saturated heterocycles. The summed E-state index contributed by atoms with van der Waals surface area (Å²) < 4.78 is 0.976. The third-order valence-electron chi connectivity index (χ3n) is 3.34. The quantitative estimate of drug-likeness (QED) is 0.868. The minimum Gasteiger partial charge on any atom is -0.305 e. The highest BCUT2D eigenvalue weighted by Crippen LogP contribution is 2.45. The molecule has 2 rings (SSSR count). The van der Waals surface area contributed by atoms with Crippen LogP contribution in [0.3, 0.4) is 0 Å². The second-order valence-electron chi connectivity index (χ2n) is 5.34. The smallest absolute Gasteiger partial charge is 0.0409 e. The maximum absolute atomic E-state index is 6.09. The van der Waals surface area contributed by atoms with Crippen molar-refractivity contribution in [3.05, 3.63) is 45.4 Å². The zero-order valence-electron chi connectivity index (χ0n) is 10.2. The molecule has 92 valence electrons. The Morgan fingerprint density at radius 1 is 1.59 bits per heavy atom. The lowest BCUT2D eigenvalue weighted by molar-refractivity contribution is 0.276. The molecule has 0 bridgehead atoms. The number of rotatable bonds is 3. The van der Waals surface area contributed by atoms with Crippen molar-refractivity contribution in [2.24, 2.45) is 5.41 Å². The van der Waals surface area contributed by atoms with Crippen LogP contribution in [0.25, 0.3) is 0 Å². The van der Waals surface area contributed by atoms with Gasteiger partial charge in [-0.1, -0.05) is 54.0 Å². The van der Waals surface area contributed by atoms with Gasteiger partial charge < -0.3 is 5.32 Å². The van der Waals surface area contributed by atoms with E-state index in [0.717, 1.165) is 22.5 Å². The van der Waals surface area contributed by atoms with E-state index in [0.29, 0.717) is 6.04 Å². The van der Waals surface area contributed by atoms with Gasteiger partial charge in [-0.3, -0.25) is 0 Å². The highest BCUT2D eigenvalue weighted by molar-refractivity contribution is 9.11. The van der Waals surface area contributed by atoms with Crippen LogP contribution in [-0.4, -0.2) is 6.54 Å². The molecular weight excluding hydrogens is 298 g/mol. The number of nitrogens with one attached hydrogen (secondary N) is 1. The number of hydrogen-bond acceptors (Lipinski definition) is 1. The van der Waals surface area contributed by atoms with E-state index < -0.39 is 0 Å². The SMILES string of the molecule is C=C(Br)CNC1c2cc(Cl)ccc2CC1(C)C. The van der Waals surface area contributed by atoms with Crippen LogP contribution in [0.2, 0.25) is 5.02 Å². The average Bonchev–Trinajstić information content (AvgIpc) is 2.45. The van der Waals surface area contributed by atoms with Gasteiger partial charge in [-0.25, -0.2) is 0 Å². The zero-order chi connectivity index (χ0) is 12.6. The fourth-order valence-electron chi connectivity index (χ4n) is 2.61. The van der Waals surface area contributed by atoms with Crippen LogP contribution in [-0.2, 0) is 6.42 Å². The molecule has 1 unspecified atom stereocenters. The van der Waals surface area contributed by atoms with Crippen LogP contribution >= 0.6 is 27.5 Å². The lowest BCUT2D eigenvalue weighted by Crippen LogP contribution is -2.31. The van der Waals surface area contributed by atoms with Gasteiger partial charge in [-0.2, -0.15) is 0 Å². The molecule has 1 aromatic carbocycles. The Hall–Kier alpha value is -0.310. The first-order valence-corrected chi connectivity index (χ1v) is 6.92. The highest BCUT2D eigenvalue weighted by Gasteiger charge is 2.38. The molecule has 0 heterocycles. The predicted octanol–water partition coefficient (Wildman–Crippen LogP) is 4.46. The summed E-state index contributed by atoms with van der Waals surface area (Å²) in [5.41, 5.74) is 2.95. The first-order valence-electron chi connectivity index (χ1n) is 5.75. The van der Waals surface area contributed by atoms with Crippen molar-refractivity contribution >= 4 is 27.5 Å². The van der Waals surface area contributed by atoms with Crippen LogP contribution in [0, 0.1) is 5.41 Å². The lowest BCUT2D eigenvalue weighted by Gasteiger charge is -2.28. The standard InChI is InChI=1S/C14H17BrClN/c1-9(15)8-17-13-12-6-11(16)5-4-10(12)7-14(13,2)3/h4-6,13,17H,1,7-8H2,2-3H3. The largest absolute Gasteiger partial charge is 0.305 e. The molecule has 0 aliphatic heterocycles. The Morgan fingerprint density at radius 2 is 2.29 bits per heavy atom. The van der Waals surface area contributed by atoms with Crippen molar-refractivity contribution in [3.63, 3.8) is 0 Å². The van der Waals surface area contributed by atoms with Gasteiger partial charge in [0, 0.05) is 22.1 Å². The molecule has 1 nitrogen and oxygen atoms in total. The summed E-state index contributed by atoms with van der Waals surface area (Å²) >= 11 is 9.48. The fourth-order valence-corrected chi connectivity index (χ4v) is 2.95. The van der Waals surface area contributed by atoms with Crippen molar-refractivity contribution in [1.82, 2.24) is 5.32 Å². The first-order chi connectivity index (χ1) is 7.90. The van der Waals surface area contributed by atoms with Crippen molar-refractivity contribution in [3.8, 4) is 0 Å². The lowest BCUT2D eigenvalue weighted by atomic mass is 9.85. The highest BCUT2D eigenvalue weighted by atomic mass is 79.9. The molecule has 3 heteroatoms. The minimum atomic E-state index is 0.218. The van der Waals surface area contributed by atoms with Gasteiger partial charge in [-0.05, 0) is 35.1 Å². The Balaban J connectivity index is 2.30. The topological polar surface area (TPSA) is 12.0 Å². The van der Waals surface area contributed by atoms with E-state index in [1.54, 1.807) is 0 Å². The second kappa shape index (κ2) is 4.75. The summed E-state index contributed by atoms with van der Waals surface area (Å²) in [6.45, 7) is 9.22. The monoisotopic (exact) mass is 313 g/mol. The van der Waals surface area contributed by atoms with E-state index in [4.69, 9.17) is 11.6 Å². The molecule has 0 saturated carbocycles. The van der Waals surface area contributed by atoms with Crippen molar-refractivity contribution < 1.29 is 0 Å². The second-order valence-corrected chi connectivity index (χ2v) is 6.90. The van der Waals surface area contributed by atoms with E-state index in [1.807, 2.05) is 6.07 Å². The van der Waals surface area contributed by atoms with Gasteiger partial charge in [0.05, 0.1) is 0 Å². The number of halogens is 2. The van der Waals surface area contributed by atoms with Crippen LogP contribution in [0.5, 0.6) is 0 Å². The molecule has 0 spiro atoms. The summed E-state index contributed by atoms with van der Waals surface area (Å²) in [7, 11) is 0. The molecular formula is C14H17BrClN. The number of hydrogen-bond donors (Lipinski definition) is 1. The zero-order valence-corrected chi connectivity index (χ0v) is 12.5. The maximum Gasteiger partial charge on any atom is 0.0409 e. The molecule has 0 fully saturated rings. The summed E-state index contributed by atoms with van der Waals surface area (Å²) in [4.78, 5) is 0. The number of fused-ring (bicyclic) bond motifs is 1. The Morgan fingerprint density at radius 3 is 2.94 bits per heavy atom. The van der Waals surface area contributed by atoms with Crippen LogP contribution in [0.1, 0.15) is 31.0 Å². The third-order valence-corrected chi connectivity index (χ3v) is 3.86. The van der Waals surface area contributed by atoms with E-state index in [9.17, 15) is 0 Å². The van der Waals surface area contributed by atoms with Crippen molar-refractivity contribution in [2.45, 2.75) is 26.3 Å². The molecule has 1 aliphatic carbocycles. The molecule has 1 aliphatic rings. The molecule has 1 N–H and O–H groups in total. The summed E-state index contributed by atoms with van der Waals surface area (Å²) in [6.07, 6.45) is 1.09. The minimum absolute atomic E-state index is 0.218. The van der Waals surface area contributed by atoms with Gasteiger partial charge in [0.1, 0.15) is 0 Å². The van der Waals surface area contributed by atoms with E-state index in [-0.39, 0.29) is 5.41 Å². The van der Waals surface area contributed by atoms with Crippen LogP contribution in [0.15, 0.2) is 29.3 Å². The average molecular weight is 315 g/mol. The van der Waals surface area contributed by atoms with E-state index >= 15 is 0 Å². The normalized spacial score (nSPS) is 21.3. The third kappa shape index (κ3) is 2.75. The summed E-state index contributed by atoms with van der Waals surface area (Å²) in [6, 6.07) is 6.54. The van der Waals surface area contributed by atoms with Gasteiger partial charge in [0.2, 0.25) is 0 Å². The molecule has 1 atom stereocenters. The molecule has 0 radical (unpaired) electrons. The first kappa shape index (κ1) is 13.1. The van der Waals surface area contributed by atoms with Crippen LogP contribution < -0.4 is 5.32 Å². The van der Waals surface area contributed by atoms with Gasteiger partial charge >= 0.3 is 0 Å². The van der Waals surface area contributed by atoms with E-state index in [2.05, 4.69) is 53.8 Å². The fraction of sp³-hybridized carbons (Fsp3) is 0.429. The number of benzene rings is 1. The Bertz CT molecular complexity index is 454. The van der Waals surface area contributed by atoms with Crippen LogP contribution in [0.4, 0.5) is 0 Å². The molecule has 17 heavy (non-hydrogen) atoms. The van der Waals surface area contributed by atoms with Gasteiger partial charge in [-0.15, -0.1) is 0 Å². The molecule has 0 aromatic heterocycles. The van der Waals surface area contributed by atoms with Gasteiger partial charge in [0.15, 0.2) is 0 Å². The molecule has 0 amide bonds. The van der Waals surface area contributed by atoms with Crippen molar-refractivity contribution in [1.29, 1.82) is 0 Å². The predicted molar refractivity (Wildman–Crippen MR) is 77.7 cm³/mol. The van der Waals surface area contributed by atoms with E-state index in [1.165, 1.54) is 11.1 Å².